The molecule has 0 heterocycles. The van der Waals surface area contributed by atoms with Gasteiger partial charge in [0.2, 0.25) is 0 Å². The summed E-state index contributed by atoms with van der Waals surface area (Å²) in [7, 11) is 0. The minimum atomic E-state index is -4.02. The Morgan fingerprint density at radius 3 is 2.15 bits per heavy atom. The molecule has 1 aliphatic rings. The van der Waals surface area contributed by atoms with E-state index in [2.05, 4.69) is 24.4 Å². The fraction of sp³-hybridized carbons (Fsp3) is 0.625. The van der Waals surface area contributed by atoms with Gasteiger partial charge in [0.25, 0.3) is 0 Å². The molecular formula is C16H22F3N. The van der Waals surface area contributed by atoms with Crippen molar-refractivity contribution in [2.45, 2.75) is 57.7 Å². The average Bonchev–Trinajstić information content (AvgIpc) is 2.41. The molecule has 1 aliphatic carbocycles. The summed E-state index contributed by atoms with van der Waals surface area (Å²) in [6, 6.07) is 8.41. The van der Waals surface area contributed by atoms with Gasteiger partial charge in [0.05, 0.1) is 5.92 Å². The van der Waals surface area contributed by atoms with E-state index in [-0.39, 0.29) is 18.9 Å². The van der Waals surface area contributed by atoms with Crippen LogP contribution in [0, 0.1) is 5.92 Å². The Labute approximate surface area is 118 Å². The van der Waals surface area contributed by atoms with Crippen LogP contribution in [0.5, 0.6) is 0 Å². The Bertz CT molecular complexity index is 403. The number of hydrogen-bond acceptors (Lipinski definition) is 1. The van der Waals surface area contributed by atoms with Crippen molar-refractivity contribution in [3.8, 4) is 0 Å². The van der Waals surface area contributed by atoms with Crippen molar-refractivity contribution in [2.75, 3.05) is 5.32 Å². The second-order valence-electron chi connectivity index (χ2n) is 5.68. The number of benzene rings is 1. The maximum atomic E-state index is 12.6. The van der Waals surface area contributed by atoms with Crippen LogP contribution >= 0.6 is 0 Å². The lowest BCUT2D eigenvalue weighted by atomic mass is 9.85. The molecule has 0 aliphatic heterocycles. The van der Waals surface area contributed by atoms with Crippen LogP contribution in [0.1, 0.15) is 44.6 Å². The van der Waals surface area contributed by atoms with E-state index >= 15 is 0 Å². The molecule has 112 valence electrons. The molecule has 0 aromatic heterocycles. The van der Waals surface area contributed by atoms with Crippen LogP contribution in [0.4, 0.5) is 18.9 Å². The summed E-state index contributed by atoms with van der Waals surface area (Å²) in [5, 5.41) is 3.35. The maximum absolute atomic E-state index is 12.6. The second-order valence-corrected chi connectivity index (χ2v) is 5.68. The zero-order valence-electron chi connectivity index (χ0n) is 11.8. The molecule has 1 nitrogen and oxygen atoms in total. The lowest BCUT2D eigenvalue weighted by Gasteiger charge is -2.30. The molecular weight excluding hydrogens is 263 g/mol. The number of alkyl halides is 3. The summed E-state index contributed by atoms with van der Waals surface area (Å²) in [6.07, 6.45) is -0.149. The van der Waals surface area contributed by atoms with Gasteiger partial charge in [0, 0.05) is 11.7 Å². The first-order valence-corrected chi connectivity index (χ1v) is 7.41. The highest BCUT2D eigenvalue weighted by Crippen LogP contribution is 2.38. The number of nitrogens with one attached hydrogen (secondary N) is 1. The molecule has 1 aromatic carbocycles. The van der Waals surface area contributed by atoms with E-state index < -0.39 is 12.1 Å². The molecule has 4 heteroatoms. The number of aryl methyl sites for hydroxylation is 1. The van der Waals surface area contributed by atoms with Crippen molar-refractivity contribution in [1.29, 1.82) is 0 Å². The van der Waals surface area contributed by atoms with Gasteiger partial charge >= 0.3 is 6.18 Å². The van der Waals surface area contributed by atoms with E-state index in [1.807, 2.05) is 12.1 Å². The van der Waals surface area contributed by atoms with Crippen LogP contribution in [0.3, 0.4) is 0 Å². The molecule has 1 fully saturated rings. The van der Waals surface area contributed by atoms with Crippen LogP contribution in [0.25, 0.3) is 0 Å². The highest BCUT2D eigenvalue weighted by Gasteiger charge is 2.41. The third kappa shape index (κ3) is 4.15. The third-order valence-electron chi connectivity index (χ3n) is 4.05. The summed E-state index contributed by atoms with van der Waals surface area (Å²) in [5.41, 5.74) is 2.32. The van der Waals surface area contributed by atoms with Crippen LogP contribution in [0.2, 0.25) is 0 Å². The fourth-order valence-corrected chi connectivity index (χ4v) is 2.86. The Balaban J connectivity index is 1.83. The summed E-state index contributed by atoms with van der Waals surface area (Å²) < 4.78 is 37.8. The smallest absolute Gasteiger partial charge is 0.382 e. The molecule has 0 atom stereocenters. The van der Waals surface area contributed by atoms with Gasteiger partial charge < -0.3 is 5.32 Å². The summed E-state index contributed by atoms with van der Waals surface area (Å²) in [5.74, 6) is -1.10. The number of halogens is 3. The predicted molar refractivity (Wildman–Crippen MR) is 75.9 cm³/mol. The summed E-state index contributed by atoms with van der Waals surface area (Å²) >= 11 is 0. The minimum Gasteiger partial charge on any atom is -0.382 e. The van der Waals surface area contributed by atoms with Crippen molar-refractivity contribution >= 4 is 5.69 Å². The topological polar surface area (TPSA) is 12.0 Å². The van der Waals surface area contributed by atoms with Crippen molar-refractivity contribution in [3.63, 3.8) is 0 Å². The molecule has 0 spiro atoms. The lowest BCUT2D eigenvalue weighted by Crippen LogP contribution is -2.32. The largest absolute Gasteiger partial charge is 0.391 e. The Morgan fingerprint density at radius 1 is 1.05 bits per heavy atom. The minimum absolute atomic E-state index is 0.172. The fourth-order valence-electron chi connectivity index (χ4n) is 2.86. The highest BCUT2D eigenvalue weighted by atomic mass is 19.4. The first-order chi connectivity index (χ1) is 9.49. The van der Waals surface area contributed by atoms with Crippen molar-refractivity contribution in [3.05, 3.63) is 29.8 Å². The third-order valence-corrected chi connectivity index (χ3v) is 4.05. The molecule has 2 rings (SSSR count). The average molecular weight is 285 g/mol. The van der Waals surface area contributed by atoms with E-state index in [0.29, 0.717) is 12.8 Å². The van der Waals surface area contributed by atoms with Gasteiger partial charge in [-0.05, 0) is 49.8 Å². The van der Waals surface area contributed by atoms with Gasteiger partial charge in [-0.15, -0.1) is 0 Å². The van der Waals surface area contributed by atoms with E-state index in [4.69, 9.17) is 0 Å². The first kappa shape index (κ1) is 15.2. The molecule has 0 bridgehead atoms. The predicted octanol–water partition coefficient (Wildman–Crippen LogP) is 5.17. The molecule has 1 saturated carbocycles. The van der Waals surface area contributed by atoms with Crippen LogP contribution < -0.4 is 5.32 Å². The van der Waals surface area contributed by atoms with Gasteiger partial charge in [0.15, 0.2) is 0 Å². The Morgan fingerprint density at radius 2 is 1.65 bits per heavy atom. The standard InChI is InChI=1S/C16H22F3N/c1-2-3-12-4-8-14(9-5-12)20-15-10-6-13(7-11-15)16(17,18)19/h4-5,8-9,13,15,20H,2-3,6-7,10-11H2,1H3. The van der Waals surface area contributed by atoms with Crippen LogP contribution in [-0.4, -0.2) is 12.2 Å². The van der Waals surface area contributed by atoms with Gasteiger partial charge in [-0.2, -0.15) is 13.2 Å². The zero-order valence-corrected chi connectivity index (χ0v) is 11.8. The van der Waals surface area contributed by atoms with Crippen LogP contribution in [-0.2, 0) is 6.42 Å². The molecule has 20 heavy (non-hydrogen) atoms. The summed E-state index contributed by atoms with van der Waals surface area (Å²) in [4.78, 5) is 0. The number of anilines is 1. The maximum Gasteiger partial charge on any atom is 0.391 e. The van der Waals surface area contributed by atoms with Gasteiger partial charge in [0.1, 0.15) is 0 Å². The SMILES string of the molecule is CCCc1ccc(NC2CCC(C(F)(F)F)CC2)cc1. The van der Waals surface area contributed by atoms with Gasteiger partial charge in [-0.25, -0.2) is 0 Å². The van der Waals surface area contributed by atoms with E-state index in [9.17, 15) is 13.2 Å². The Kier molecular flexibility index (Phi) is 4.95. The molecule has 1 aromatic rings. The number of rotatable bonds is 4. The Hall–Kier alpha value is -1.19. The highest BCUT2D eigenvalue weighted by molar-refractivity contribution is 5.45. The molecule has 0 unspecified atom stereocenters. The number of hydrogen-bond donors (Lipinski definition) is 1. The zero-order chi connectivity index (χ0) is 14.6. The molecule has 0 radical (unpaired) electrons. The normalized spacial score (nSPS) is 23.6. The van der Waals surface area contributed by atoms with Crippen molar-refractivity contribution in [1.82, 2.24) is 0 Å². The van der Waals surface area contributed by atoms with Gasteiger partial charge in [-0.1, -0.05) is 25.5 Å². The summed E-state index contributed by atoms with van der Waals surface area (Å²) in [6.45, 7) is 2.14. The van der Waals surface area contributed by atoms with Gasteiger partial charge in [-0.3, -0.25) is 0 Å². The second kappa shape index (κ2) is 6.51. The monoisotopic (exact) mass is 285 g/mol. The van der Waals surface area contributed by atoms with Crippen molar-refractivity contribution in [2.24, 2.45) is 5.92 Å². The van der Waals surface area contributed by atoms with E-state index in [1.54, 1.807) is 0 Å². The quantitative estimate of drug-likeness (QED) is 0.804. The molecule has 0 amide bonds. The molecule has 1 N–H and O–H groups in total. The van der Waals surface area contributed by atoms with Crippen molar-refractivity contribution < 1.29 is 13.2 Å². The van der Waals surface area contributed by atoms with E-state index in [1.165, 1.54) is 5.56 Å². The first-order valence-electron chi connectivity index (χ1n) is 7.41. The van der Waals surface area contributed by atoms with E-state index in [0.717, 1.165) is 18.5 Å². The van der Waals surface area contributed by atoms with Crippen LogP contribution in [0.15, 0.2) is 24.3 Å². The lowest BCUT2D eigenvalue weighted by molar-refractivity contribution is -0.182. The molecule has 0 saturated heterocycles.